The zero-order valence-corrected chi connectivity index (χ0v) is 19.7. The third-order valence-corrected chi connectivity index (χ3v) is 7.47. The minimum Gasteiger partial charge on any atom is -0.481 e. The van der Waals surface area contributed by atoms with E-state index in [0.717, 1.165) is 65.2 Å². The van der Waals surface area contributed by atoms with Gasteiger partial charge in [-0.2, -0.15) is 0 Å². The first-order valence-electron chi connectivity index (χ1n) is 11.8. The average Bonchev–Trinajstić information content (AvgIpc) is 3.27. The van der Waals surface area contributed by atoms with Gasteiger partial charge in [-0.25, -0.2) is 4.98 Å². The lowest BCUT2D eigenvalue weighted by atomic mass is 9.76. The van der Waals surface area contributed by atoms with E-state index in [1.54, 1.807) is 7.11 Å². The van der Waals surface area contributed by atoms with Gasteiger partial charge in [0, 0.05) is 23.2 Å². The van der Waals surface area contributed by atoms with Crippen molar-refractivity contribution >= 4 is 11.6 Å². The first-order valence-corrected chi connectivity index (χ1v) is 12.2. The fourth-order valence-electron chi connectivity index (χ4n) is 5.39. The van der Waals surface area contributed by atoms with Gasteiger partial charge in [0.25, 0.3) is 0 Å². The van der Waals surface area contributed by atoms with Crippen molar-refractivity contribution in [3.63, 3.8) is 0 Å². The third-order valence-electron chi connectivity index (χ3n) is 7.06. The van der Waals surface area contributed by atoms with Crippen LogP contribution in [0.15, 0.2) is 48.5 Å². The SMILES string of the molecule is COc1nc(-c2cccc(-c3cccc4c3CCC4)c2Cl)ccc1CNC[C@H]1C[C@@H](C)C1. The number of aromatic nitrogens is 1. The summed E-state index contributed by atoms with van der Waals surface area (Å²) in [7, 11) is 1.69. The molecule has 2 aromatic carbocycles. The van der Waals surface area contributed by atoms with Crippen molar-refractivity contribution in [3.8, 4) is 28.3 Å². The van der Waals surface area contributed by atoms with Gasteiger partial charge >= 0.3 is 0 Å². The molecule has 3 nitrogen and oxygen atoms in total. The molecule has 0 spiro atoms. The van der Waals surface area contributed by atoms with Gasteiger partial charge < -0.3 is 10.1 Å². The molecule has 2 aliphatic carbocycles. The molecule has 2 aliphatic rings. The highest BCUT2D eigenvalue weighted by Crippen LogP contribution is 2.40. The molecule has 32 heavy (non-hydrogen) atoms. The standard InChI is InChI=1S/C28H31ClN2O/c1-18-14-19(15-18)16-30-17-21-12-13-26(31-28(21)32-2)25-11-5-10-24(27(25)29)23-9-4-7-20-6-3-8-22(20)23/h4-5,7,9-13,18-19,30H,3,6,8,14-17H2,1-2H3/t18-,19+. The number of hydrogen-bond donors (Lipinski definition) is 1. The molecule has 0 bridgehead atoms. The highest BCUT2D eigenvalue weighted by molar-refractivity contribution is 6.36. The Morgan fingerprint density at radius 3 is 2.59 bits per heavy atom. The van der Waals surface area contributed by atoms with Gasteiger partial charge in [-0.15, -0.1) is 0 Å². The van der Waals surface area contributed by atoms with Crippen LogP contribution in [0.5, 0.6) is 5.88 Å². The molecule has 1 fully saturated rings. The van der Waals surface area contributed by atoms with Crippen LogP contribution in [-0.2, 0) is 19.4 Å². The summed E-state index contributed by atoms with van der Waals surface area (Å²) in [6.07, 6.45) is 6.17. The monoisotopic (exact) mass is 446 g/mol. The minimum absolute atomic E-state index is 0.666. The number of aryl methyl sites for hydroxylation is 1. The predicted octanol–water partition coefficient (Wildman–Crippen LogP) is 6.70. The Morgan fingerprint density at radius 1 is 1.00 bits per heavy atom. The molecule has 0 radical (unpaired) electrons. The summed E-state index contributed by atoms with van der Waals surface area (Å²) in [6, 6.07) is 17.0. The number of ether oxygens (including phenoxy) is 1. The van der Waals surface area contributed by atoms with Crippen molar-refractivity contribution in [3.05, 3.63) is 70.2 Å². The fourth-order valence-corrected chi connectivity index (χ4v) is 5.71. The van der Waals surface area contributed by atoms with Crippen LogP contribution in [0, 0.1) is 11.8 Å². The van der Waals surface area contributed by atoms with E-state index in [2.05, 4.69) is 54.7 Å². The Balaban J connectivity index is 1.40. The Morgan fingerprint density at radius 2 is 1.78 bits per heavy atom. The van der Waals surface area contributed by atoms with E-state index >= 15 is 0 Å². The second-order valence-electron chi connectivity index (χ2n) is 9.40. The fraction of sp³-hybridized carbons (Fsp3) is 0.393. The topological polar surface area (TPSA) is 34.1 Å². The smallest absolute Gasteiger partial charge is 0.218 e. The maximum absolute atomic E-state index is 6.97. The Labute approximate surface area is 196 Å². The molecule has 1 saturated carbocycles. The largest absolute Gasteiger partial charge is 0.481 e. The number of rotatable bonds is 7. The van der Waals surface area contributed by atoms with Crippen molar-refractivity contribution in [2.24, 2.45) is 11.8 Å². The number of benzene rings is 2. The van der Waals surface area contributed by atoms with Crippen LogP contribution in [0.25, 0.3) is 22.4 Å². The molecule has 3 aromatic rings. The Hall–Kier alpha value is -2.36. The van der Waals surface area contributed by atoms with E-state index in [1.807, 2.05) is 6.07 Å². The molecular formula is C28H31ClN2O. The number of methoxy groups -OCH3 is 1. The molecule has 0 atom stereocenters. The molecule has 1 aromatic heterocycles. The van der Waals surface area contributed by atoms with E-state index in [0.29, 0.717) is 5.88 Å². The summed E-state index contributed by atoms with van der Waals surface area (Å²) in [5.74, 6) is 2.36. The molecule has 0 unspecified atom stereocenters. The number of nitrogens with one attached hydrogen (secondary N) is 1. The molecule has 0 amide bonds. The van der Waals surface area contributed by atoms with Gasteiger partial charge in [0.2, 0.25) is 5.88 Å². The number of nitrogens with zero attached hydrogens (tertiary/aromatic N) is 1. The van der Waals surface area contributed by atoms with Gasteiger partial charge in [0.15, 0.2) is 0 Å². The van der Waals surface area contributed by atoms with E-state index in [-0.39, 0.29) is 0 Å². The maximum atomic E-state index is 6.97. The minimum atomic E-state index is 0.666. The van der Waals surface area contributed by atoms with Crippen molar-refractivity contribution in [1.82, 2.24) is 10.3 Å². The van der Waals surface area contributed by atoms with Crippen LogP contribution < -0.4 is 10.1 Å². The van der Waals surface area contributed by atoms with Crippen molar-refractivity contribution in [2.75, 3.05) is 13.7 Å². The van der Waals surface area contributed by atoms with Crippen LogP contribution in [0.1, 0.15) is 42.9 Å². The molecular weight excluding hydrogens is 416 g/mol. The van der Waals surface area contributed by atoms with Gasteiger partial charge in [-0.05, 0) is 73.2 Å². The zero-order valence-electron chi connectivity index (χ0n) is 19.0. The van der Waals surface area contributed by atoms with Crippen LogP contribution >= 0.6 is 11.6 Å². The zero-order chi connectivity index (χ0) is 22.1. The van der Waals surface area contributed by atoms with E-state index in [9.17, 15) is 0 Å². The van der Waals surface area contributed by atoms with Crippen molar-refractivity contribution in [1.29, 1.82) is 0 Å². The lowest BCUT2D eigenvalue weighted by Gasteiger charge is -2.32. The van der Waals surface area contributed by atoms with Crippen LogP contribution in [0.4, 0.5) is 0 Å². The molecule has 166 valence electrons. The van der Waals surface area contributed by atoms with Crippen LogP contribution in [0.3, 0.4) is 0 Å². The second-order valence-corrected chi connectivity index (χ2v) is 9.78. The molecule has 5 rings (SSSR count). The molecule has 0 aliphatic heterocycles. The van der Waals surface area contributed by atoms with Gasteiger partial charge in [0.1, 0.15) is 0 Å². The third kappa shape index (κ3) is 4.16. The highest BCUT2D eigenvalue weighted by atomic mass is 35.5. The van der Waals surface area contributed by atoms with Gasteiger partial charge in [-0.3, -0.25) is 0 Å². The first kappa shape index (κ1) is 21.5. The predicted molar refractivity (Wildman–Crippen MR) is 132 cm³/mol. The number of hydrogen-bond acceptors (Lipinski definition) is 3. The lowest BCUT2D eigenvalue weighted by Crippen LogP contribution is -2.31. The summed E-state index contributed by atoms with van der Waals surface area (Å²) in [5.41, 5.74) is 8.11. The highest BCUT2D eigenvalue weighted by Gasteiger charge is 2.24. The number of fused-ring (bicyclic) bond motifs is 1. The van der Waals surface area contributed by atoms with Crippen molar-refractivity contribution in [2.45, 2.75) is 45.6 Å². The summed E-state index contributed by atoms with van der Waals surface area (Å²) in [4.78, 5) is 4.83. The maximum Gasteiger partial charge on any atom is 0.218 e. The van der Waals surface area contributed by atoms with Gasteiger partial charge in [-0.1, -0.05) is 61.0 Å². The molecule has 0 saturated heterocycles. The number of halogens is 1. The summed E-state index contributed by atoms with van der Waals surface area (Å²) >= 11 is 6.97. The lowest BCUT2D eigenvalue weighted by molar-refractivity contribution is 0.206. The van der Waals surface area contributed by atoms with E-state index in [4.69, 9.17) is 21.3 Å². The number of pyridine rings is 1. The quantitative estimate of drug-likeness (QED) is 0.438. The van der Waals surface area contributed by atoms with E-state index < -0.39 is 0 Å². The van der Waals surface area contributed by atoms with E-state index in [1.165, 1.54) is 36.0 Å². The van der Waals surface area contributed by atoms with Crippen LogP contribution in [0.2, 0.25) is 5.02 Å². The Bertz CT molecular complexity index is 1120. The average molecular weight is 447 g/mol. The first-order chi connectivity index (χ1) is 15.6. The van der Waals surface area contributed by atoms with Crippen LogP contribution in [-0.4, -0.2) is 18.6 Å². The second kappa shape index (κ2) is 9.25. The Kier molecular flexibility index (Phi) is 6.21. The summed E-state index contributed by atoms with van der Waals surface area (Å²) < 4.78 is 5.64. The van der Waals surface area contributed by atoms with Crippen molar-refractivity contribution < 1.29 is 4.74 Å². The summed E-state index contributed by atoms with van der Waals surface area (Å²) in [6.45, 7) is 4.16. The molecule has 4 heteroatoms. The normalized spacial score (nSPS) is 19.5. The molecule has 1 heterocycles. The molecule has 1 N–H and O–H groups in total. The summed E-state index contributed by atoms with van der Waals surface area (Å²) in [5, 5.41) is 4.33. The van der Waals surface area contributed by atoms with Gasteiger partial charge in [0.05, 0.1) is 17.8 Å².